The summed E-state index contributed by atoms with van der Waals surface area (Å²) in [4.78, 5) is 30.6. The first-order valence-electron chi connectivity index (χ1n) is 8.05. The zero-order valence-electron chi connectivity index (χ0n) is 13.8. The largest absolute Gasteiger partial charge is 0.337 e. The third kappa shape index (κ3) is 4.21. The van der Waals surface area contributed by atoms with Crippen molar-refractivity contribution in [3.8, 4) is 0 Å². The van der Waals surface area contributed by atoms with Crippen molar-refractivity contribution in [3.05, 3.63) is 46.7 Å². The Balaban J connectivity index is 1.61. The first-order chi connectivity index (χ1) is 12.0. The first-order valence-corrected chi connectivity index (χ1v) is 8.93. The molecule has 2 N–H and O–H groups in total. The highest BCUT2D eigenvalue weighted by molar-refractivity contribution is 7.14. The van der Waals surface area contributed by atoms with Crippen molar-refractivity contribution in [1.82, 2.24) is 15.2 Å². The van der Waals surface area contributed by atoms with Gasteiger partial charge in [0.25, 0.3) is 5.91 Å². The van der Waals surface area contributed by atoms with E-state index in [4.69, 9.17) is 0 Å². The summed E-state index contributed by atoms with van der Waals surface area (Å²) in [7, 11) is 0. The molecule has 0 bridgehead atoms. The highest BCUT2D eigenvalue weighted by Crippen LogP contribution is 2.18. The quantitative estimate of drug-likeness (QED) is 0.871. The number of thiazole rings is 1. The first kappa shape index (κ1) is 17.5. The van der Waals surface area contributed by atoms with E-state index in [1.54, 1.807) is 11.4 Å². The van der Waals surface area contributed by atoms with E-state index in [0.717, 1.165) is 13.1 Å². The van der Waals surface area contributed by atoms with Crippen molar-refractivity contribution in [2.75, 3.05) is 25.0 Å². The van der Waals surface area contributed by atoms with E-state index in [-0.39, 0.29) is 23.9 Å². The lowest BCUT2D eigenvalue weighted by atomic mass is 10.2. The van der Waals surface area contributed by atoms with E-state index < -0.39 is 11.7 Å². The monoisotopic (exact) mass is 362 g/mol. The molecule has 132 valence electrons. The number of rotatable bonds is 4. The predicted octanol–water partition coefficient (Wildman–Crippen LogP) is 1.90. The van der Waals surface area contributed by atoms with Gasteiger partial charge in [0.2, 0.25) is 5.91 Å². The van der Waals surface area contributed by atoms with E-state index in [1.807, 2.05) is 11.8 Å². The Kier molecular flexibility index (Phi) is 5.40. The van der Waals surface area contributed by atoms with Crippen LogP contribution in [0.15, 0.2) is 29.6 Å². The van der Waals surface area contributed by atoms with Gasteiger partial charge in [-0.1, -0.05) is 12.1 Å². The highest BCUT2D eigenvalue weighted by atomic mass is 32.1. The summed E-state index contributed by atoms with van der Waals surface area (Å²) in [5, 5.41) is 7.91. The number of benzene rings is 1. The zero-order valence-corrected chi connectivity index (χ0v) is 14.6. The Morgan fingerprint density at radius 3 is 3.00 bits per heavy atom. The van der Waals surface area contributed by atoms with Gasteiger partial charge in [-0.3, -0.25) is 14.9 Å². The Hall–Kier alpha value is -2.32. The second-order valence-electron chi connectivity index (χ2n) is 5.90. The Morgan fingerprint density at radius 1 is 1.44 bits per heavy atom. The minimum atomic E-state index is -0.584. The molecule has 1 atom stereocenters. The van der Waals surface area contributed by atoms with Crippen molar-refractivity contribution in [2.45, 2.75) is 19.4 Å². The van der Waals surface area contributed by atoms with E-state index in [2.05, 4.69) is 15.6 Å². The van der Waals surface area contributed by atoms with Gasteiger partial charge in [0.15, 0.2) is 5.13 Å². The molecule has 2 amide bonds. The summed E-state index contributed by atoms with van der Waals surface area (Å²) < 4.78 is 13.6. The Bertz CT molecular complexity index is 780. The van der Waals surface area contributed by atoms with E-state index >= 15 is 0 Å². The maximum absolute atomic E-state index is 13.6. The highest BCUT2D eigenvalue weighted by Gasteiger charge is 2.23. The molecule has 0 unspecified atom stereocenters. The van der Waals surface area contributed by atoms with Crippen LogP contribution in [0.25, 0.3) is 0 Å². The van der Waals surface area contributed by atoms with Crippen LogP contribution >= 0.6 is 11.3 Å². The van der Waals surface area contributed by atoms with Crippen molar-refractivity contribution in [1.29, 1.82) is 0 Å². The Labute approximate surface area is 149 Å². The average molecular weight is 362 g/mol. The molecule has 8 heteroatoms. The molecule has 1 saturated heterocycles. The zero-order chi connectivity index (χ0) is 17.8. The molecule has 1 aliphatic heterocycles. The van der Waals surface area contributed by atoms with Crippen LogP contribution in [0.4, 0.5) is 9.52 Å². The fourth-order valence-electron chi connectivity index (χ4n) is 2.72. The van der Waals surface area contributed by atoms with Crippen LogP contribution in [0.1, 0.15) is 23.0 Å². The van der Waals surface area contributed by atoms with E-state index in [1.165, 1.54) is 29.5 Å². The van der Waals surface area contributed by atoms with Gasteiger partial charge in [-0.25, -0.2) is 9.37 Å². The van der Waals surface area contributed by atoms with Crippen LogP contribution in [-0.4, -0.2) is 47.4 Å². The summed E-state index contributed by atoms with van der Waals surface area (Å²) in [5.41, 5.74) is 0.564. The van der Waals surface area contributed by atoms with E-state index in [9.17, 15) is 14.0 Å². The van der Waals surface area contributed by atoms with E-state index in [0.29, 0.717) is 17.4 Å². The van der Waals surface area contributed by atoms with Gasteiger partial charge in [0.05, 0.1) is 17.7 Å². The van der Waals surface area contributed by atoms with Gasteiger partial charge in [-0.15, -0.1) is 11.3 Å². The smallest absolute Gasteiger partial charge is 0.260 e. The number of piperazine rings is 1. The van der Waals surface area contributed by atoms with Gasteiger partial charge < -0.3 is 10.2 Å². The number of nitrogens with one attached hydrogen (secondary N) is 2. The average Bonchev–Trinajstić information content (AvgIpc) is 3.02. The van der Waals surface area contributed by atoms with Crippen LogP contribution in [0.5, 0.6) is 0 Å². The van der Waals surface area contributed by atoms with Crippen LogP contribution in [0.3, 0.4) is 0 Å². The third-order valence-corrected chi connectivity index (χ3v) is 4.85. The van der Waals surface area contributed by atoms with Gasteiger partial charge in [-0.05, 0) is 19.1 Å². The number of halogens is 1. The fraction of sp³-hybridized carbons (Fsp3) is 0.353. The molecular formula is C17H19FN4O2S. The molecule has 1 aliphatic rings. The fourth-order valence-corrected chi connectivity index (χ4v) is 3.43. The maximum Gasteiger partial charge on any atom is 0.260 e. The van der Waals surface area contributed by atoms with Gasteiger partial charge in [0, 0.05) is 31.1 Å². The van der Waals surface area contributed by atoms with Crippen LogP contribution in [0.2, 0.25) is 0 Å². The molecular weight excluding hydrogens is 343 g/mol. The molecule has 1 aromatic heterocycles. The van der Waals surface area contributed by atoms with Crippen molar-refractivity contribution in [3.63, 3.8) is 0 Å². The minimum Gasteiger partial charge on any atom is -0.337 e. The maximum atomic E-state index is 13.6. The third-order valence-electron chi connectivity index (χ3n) is 4.04. The SMILES string of the molecule is C[C@@H]1CNCCN1C(=O)Cc1csc(NC(=O)c2ccccc2F)n1. The Morgan fingerprint density at radius 2 is 2.24 bits per heavy atom. The number of anilines is 1. The standard InChI is InChI=1S/C17H19FN4O2S/c1-11-9-19-6-7-22(11)15(23)8-12-10-25-17(20-12)21-16(24)13-4-2-3-5-14(13)18/h2-5,10-11,19H,6-9H2,1H3,(H,20,21,24)/t11-/m1/s1. The number of aromatic nitrogens is 1. The second-order valence-corrected chi connectivity index (χ2v) is 6.75. The topological polar surface area (TPSA) is 74.3 Å². The lowest BCUT2D eigenvalue weighted by Crippen LogP contribution is -2.52. The molecule has 0 saturated carbocycles. The second kappa shape index (κ2) is 7.71. The predicted molar refractivity (Wildman–Crippen MR) is 94.2 cm³/mol. The molecule has 1 fully saturated rings. The van der Waals surface area contributed by atoms with Gasteiger partial charge in [0.1, 0.15) is 5.82 Å². The molecule has 1 aromatic carbocycles. The number of carbonyl (C=O) groups is 2. The summed E-state index contributed by atoms with van der Waals surface area (Å²) in [5.74, 6) is -1.12. The molecule has 0 spiro atoms. The summed E-state index contributed by atoms with van der Waals surface area (Å²) in [6.45, 7) is 4.26. The van der Waals surface area contributed by atoms with Crippen molar-refractivity contribution < 1.29 is 14.0 Å². The lowest BCUT2D eigenvalue weighted by molar-refractivity contribution is -0.133. The number of nitrogens with zero attached hydrogens (tertiary/aromatic N) is 2. The number of hydrogen-bond donors (Lipinski definition) is 2. The molecule has 6 nitrogen and oxygen atoms in total. The number of carbonyl (C=O) groups excluding carboxylic acids is 2. The van der Waals surface area contributed by atoms with Crippen LogP contribution < -0.4 is 10.6 Å². The van der Waals surface area contributed by atoms with Gasteiger partial charge >= 0.3 is 0 Å². The van der Waals surface area contributed by atoms with Crippen molar-refractivity contribution >= 4 is 28.3 Å². The summed E-state index contributed by atoms with van der Waals surface area (Å²) in [6, 6.07) is 5.92. The molecule has 0 radical (unpaired) electrons. The molecule has 2 heterocycles. The number of hydrogen-bond acceptors (Lipinski definition) is 5. The number of amides is 2. The molecule has 0 aliphatic carbocycles. The van der Waals surface area contributed by atoms with Crippen LogP contribution in [0, 0.1) is 5.82 Å². The normalized spacial score (nSPS) is 17.4. The molecule has 2 aromatic rings. The van der Waals surface area contributed by atoms with Crippen LogP contribution in [-0.2, 0) is 11.2 Å². The lowest BCUT2D eigenvalue weighted by Gasteiger charge is -2.33. The molecule has 25 heavy (non-hydrogen) atoms. The minimum absolute atomic E-state index is 0.0197. The summed E-state index contributed by atoms with van der Waals surface area (Å²) in [6.07, 6.45) is 0.191. The van der Waals surface area contributed by atoms with Crippen molar-refractivity contribution in [2.24, 2.45) is 0 Å². The van der Waals surface area contributed by atoms with Gasteiger partial charge in [-0.2, -0.15) is 0 Å². The summed E-state index contributed by atoms with van der Waals surface area (Å²) >= 11 is 1.22. The molecule has 3 rings (SSSR count).